The normalized spacial score (nSPS) is 17.4. The quantitative estimate of drug-likeness (QED) is 0.810. The number of aliphatic imine (C=N–C) groups is 1. The molecule has 0 aromatic heterocycles. The van der Waals surface area contributed by atoms with E-state index in [1.807, 2.05) is 0 Å². The molecule has 0 radical (unpaired) electrons. The number of phenols is 1. The van der Waals surface area contributed by atoms with Crippen LogP contribution in [0.4, 0.5) is 0 Å². The van der Waals surface area contributed by atoms with Crippen molar-refractivity contribution >= 4 is 15.0 Å². The molecule has 1 aliphatic rings. The van der Waals surface area contributed by atoms with Crippen molar-refractivity contribution in [2.24, 2.45) is 10.7 Å². The third kappa shape index (κ3) is 2.56. The van der Waals surface area contributed by atoms with Gasteiger partial charge in [-0.05, 0) is 24.3 Å². The van der Waals surface area contributed by atoms with Gasteiger partial charge in [0.25, 0.3) is 0 Å². The molecule has 0 saturated heterocycles. The lowest BCUT2D eigenvalue weighted by Crippen LogP contribution is -2.18. The van der Waals surface area contributed by atoms with E-state index in [1.54, 1.807) is 12.1 Å². The lowest BCUT2D eigenvalue weighted by atomic mass is 10.3. The molecule has 0 fully saturated rings. The van der Waals surface area contributed by atoms with Gasteiger partial charge in [0.1, 0.15) is 18.1 Å². The summed E-state index contributed by atoms with van der Waals surface area (Å²) in [5.74, 6) is 0.629. The van der Waals surface area contributed by atoms with Crippen molar-refractivity contribution in [3.05, 3.63) is 35.4 Å². The monoisotopic (exact) mass is 254 g/mol. The predicted octanol–water partition coefficient (Wildman–Crippen LogP) is 0.355. The van der Waals surface area contributed by atoms with Crippen LogP contribution in [0.1, 0.15) is 0 Å². The second kappa shape index (κ2) is 4.10. The molecular formula is C10H10N2O4S. The van der Waals surface area contributed by atoms with Crippen LogP contribution < -0.4 is 10.5 Å². The minimum atomic E-state index is -3.54. The average Bonchev–Trinajstić information content (AvgIpc) is 2.52. The van der Waals surface area contributed by atoms with Gasteiger partial charge >= 0.3 is 0 Å². The molecular weight excluding hydrogens is 244 g/mol. The lowest BCUT2D eigenvalue weighted by molar-refractivity contribution is 0.350. The highest BCUT2D eigenvalue weighted by Gasteiger charge is 2.21. The number of nitrogens with two attached hydrogens (primary N) is 1. The maximum absolute atomic E-state index is 11.2. The van der Waals surface area contributed by atoms with E-state index in [1.165, 1.54) is 12.1 Å². The molecule has 0 atom stereocenters. The van der Waals surface area contributed by atoms with Crippen LogP contribution in [0.25, 0.3) is 0 Å². The number of sulfone groups is 1. The van der Waals surface area contributed by atoms with Gasteiger partial charge in [0, 0.05) is 0 Å². The Morgan fingerprint density at radius 3 is 2.47 bits per heavy atom. The highest BCUT2D eigenvalue weighted by Crippen LogP contribution is 2.18. The van der Waals surface area contributed by atoms with Crippen molar-refractivity contribution in [1.29, 1.82) is 0 Å². The number of hydrogen-bond donors (Lipinski definition) is 2. The summed E-state index contributed by atoms with van der Waals surface area (Å²) in [5.41, 5.74) is 5.46. The minimum absolute atomic E-state index is 0.00467. The molecule has 0 bridgehead atoms. The lowest BCUT2D eigenvalue weighted by Gasteiger charge is -2.04. The second-order valence-electron chi connectivity index (χ2n) is 3.39. The van der Waals surface area contributed by atoms with E-state index in [0.717, 1.165) is 5.41 Å². The first-order valence-corrected chi connectivity index (χ1v) is 6.24. The van der Waals surface area contributed by atoms with E-state index in [9.17, 15) is 8.42 Å². The van der Waals surface area contributed by atoms with Gasteiger partial charge in [-0.1, -0.05) is 0 Å². The van der Waals surface area contributed by atoms with Crippen molar-refractivity contribution < 1.29 is 18.3 Å². The summed E-state index contributed by atoms with van der Waals surface area (Å²) in [6.07, 6.45) is 0. The summed E-state index contributed by atoms with van der Waals surface area (Å²) < 4.78 is 27.7. The van der Waals surface area contributed by atoms with Gasteiger partial charge in [-0.3, -0.25) is 0 Å². The van der Waals surface area contributed by atoms with Crippen LogP contribution in [0.3, 0.4) is 0 Å². The van der Waals surface area contributed by atoms with E-state index < -0.39 is 15.0 Å². The van der Waals surface area contributed by atoms with Crippen LogP contribution >= 0.6 is 0 Å². The van der Waals surface area contributed by atoms with E-state index in [4.69, 9.17) is 15.6 Å². The van der Waals surface area contributed by atoms with Gasteiger partial charge < -0.3 is 15.6 Å². The van der Waals surface area contributed by atoms with E-state index in [2.05, 4.69) is 4.99 Å². The van der Waals surface area contributed by atoms with Crippen LogP contribution in [-0.2, 0) is 9.84 Å². The van der Waals surface area contributed by atoms with Crippen LogP contribution in [0, 0.1) is 0 Å². The molecule has 7 heteroatoms. The Labute approximate surface area is 98.0 Å². The molecule has 2 rings (SSSR count). The molecule has 0 amide bonds. The first-order chi connectivity index (χ1) is 7.97. The van der Waals surface area contributed by atoms with E-state index >= 15 is 0 Å². The number of rotatable bonds is 3. The maximum Gasteiger partial charge on any atom is 0.234 e. The minimum Gasteiger partial charge on any atom is -0.508 e. The summed E-state index contributed by atoms with van der Waals surface area (Å²) in [7, 11) is -3.54. The Hall–Kier alpha value is -2.02. The van der Waals surface area contributed by atoms with Crippen LogP contribution in [-0.4, -0.2) is 25.3 Å². The SMILES string of the molecule is NC1=NC(COc2ccc(O)cc2)=CS1(=O)=O. The van der Waals surface area contributed by atoms with Gasteiger partial charge in [-0.15, -0.1) is 0 Å². The van der Waals surface area contributed by atoms with E-state index in [-0.39, 0.29) is 18.1 Å². The summed E-state index contributed by atoms with van der Waals surface area (Å²) >= 11 is 0. The number of phenolic OH excluding ortho intramolecular Hbond substituents is 1. The number of benzene rings is 1. The molecule has 1 heterocycles. The van der Waals surface area contributed by atoms with Gasteiger partial charge in [0.15, 0.2) is 0 Å². The predicted molar refractivity (Wildman–Crippen MR) is 62.2 cm³/mol. The number of nitrogens with zero attached hydrogens (tertiary/aromatic N) is 1. The Kier molecular flexibility index (Phi) is 2.76. The largest absolute Gasteiger partial charge is 0.508 e. The first-order valence-electron chi connectivity index (χ1n) is 4.69. The molecule has 0 spiro atoms. The van der Waals surface area contributed by atoms with Gasteiger partial charge in [0.2, 0.25) is 15.0 Å². The zero-order valence-corrected chi connectivity index (χ0v) is 9.52. The Bertz CT molecular complexity index is 587. The standard InChI is InChI=1S/C10H10N2O4S/c11-10-12-7(6-17(10,14)15)5-16-9-3-1-8(13)2-4-9/h1-4,6,13H,5H2,(H2,11,12). The van der Waals surface area contributed by atoms with Crippen LogP contribution in [0.2, 0.25) is 0 Å². The number of aromatic hydroxyl groups is 1. The number of amidine groups is 1. The molecule has 17 heavy (non-hydrogen) atoms. The van der Waals surface area contributed by atoms with Gasteiger partial charge in [-0.25, -0.2) is 13.4 Å². The molecule has 0 aliphatic carbocycles. The molecule has 1 aliphatic heterocycles. The molecule has 1 aromatic carbocycles. The fourth-order valence-electron chi connectivity index (χ4n) is 1.24. The zero-order valence-electron chi connectivity index (χ0n) is 8.70. The van der Waals surface area contributed by atoms with Crippen molar-refractivity contribution in [3.63, 3.8) is 0 Å². The number of ether oxygens (including phenoxy) is 1. The van der Waals surface area contributed by atoms with Gasteiger partial charge in [-0.2, -0.15) is 0 Å². The second-order valence-corrected chi connectivity index (χ2v) is 5.13. The summed E-state index contributed by atoms with van der Waals surface area (Å²) in [4.78, 5) is 3.67. The summed E-state index contributed by atoms with van der Waals surface area (Å²) in [6.45, 7) is 0.00467. The summed E-state index contributed by atoms with van der Waals surface area (Å²) in [5, 5.41) is 9.62. The highest BCUT2D eigenvalue weighted by molar-refractivity contribution is 8.09. The first kappa shape index (κ1) is 11.5. The van der Waals surface area contributed by atoms with Crippen molar-refractivity contribution in [2.75, 3.05) is 6.61 Å². The fraction of sp³-hybridized carbons (Fsp3) is 0.100. The molecule has 90 valence electrons. The van der Waals surface area contributed by atoms with Crippen molar-refractivity contribution in [3.8, 4) is 11.5 Å². The molecule has 0 saturated carbocycles. The van der Waals surface area contributed by atoms with Crippen molar-refractivity contribution in [2.45, 2.75) is 0 Å². The third-order valence-electron chi connectivity index (χ3n) is 2.06. The van der Waals surface area contributed by atoms with Crippen LogP contribution in [0.5, 0.6) is 11.5 Å². The van der Waals surface area contributed by atoms with E-state index in [0.29, 0.717) is 5.75 Å². The van der Waals surface area contributed by atoms with Crippen LogP contribution in [0.15, 0.2) is 40.4 Å². The number of hydrogen-bond acceptors (Lipinski definition) is 6. The van der Waals surface area contributed by atoms with Gasteiger partial charge in [0.05, 0.1) is 11.1 Å². The molecule has 3 N–H and O–H groups in total. The van der Waals surface area contributed by atoms with Crippen molar-refractivity contribution in [1.82, 2.24) is 0 Å². The maximum atomic E-state index is 11.2. The summed E-state index contributed by atoms with van der Waals surface area (Å²) in [6, 6.07) is 6.05. The smallest absolute Gasteiger partial charge is 0.234 e. The molecule has 1 aromatic rings. The zero-order chi connectivity index (χ0) is 12.5. The highest BCUT2D eigenvalue weighted by atomic mass is 32.2. The third-order valence-corrected chi connectivity index (χ3v) is 3.32. The topological polar surface area (TPSA) is 102 Å². The Morgan fingerprint density at radius 2 is 1.94 bits per heavy atom. The average molecular weight is 254 g/mol. The fourth-order valence-corrected chi connectivity index (χ4v) is 2.08. The molecule has 0 unspecified atom stereocenters. The Balaban J connectivity index is 2.03. The molecule has 6 nitrogen and oxygen atoms in total. The Morgan fingerprint density at radius 1 is 1.29 bits per heavy atom.